The lowest BCUT2D eigenvalue weighted by molar-refractivity contribution is 0.627. The number of hydrogen-bond donors (Lipinski definition) is 1. The first-order valence-corrected chi connectivity index (χ1v) is 7.48. The third-order valence-corrected chi connectivity index (χ3v) is 3.97. The summed E-state index contributed by atoms with van der Waals surface area (Å²) in [6, 6.07) is 4.66. The maximum Gasteiger partial charge on any atom is 0.124 e. The number of nitrogens with one attached hydrogen (secondary N) is 1. The molecule has 0 aliphatic carbocycles. The van der Waals surface area contributed by atoms with Gasteiger partial charge in [-0.2, -0.15) is 0 Å². The SMILES string of the molecule is CCCNCc1nc(-c2ccc(F)cc2Br)cs1. The molecule has 2 aromatic rings. The fourth-order valence-electron chi connectivity index (χ4n) is 1.59. The predicted molar refractivity (Wildman–Crippen MR) is 77.2 cm³/mol. The minimum Gasteiger partial charge on any atom is -0.310 e. The van der Waals surface area contributed by atoms with Crippen molar-refractivity contribution in [1.82, 2.24) is 10.3 Å². The molecule has 1 heterocycles. The molecule has 0 fully saturated rings. The number of nitrogens with zero attached hydrogens (tertiary/aromatic N) is 1. The first-order valence-electron chi connectivity index (χ1n) is 5.81. The van der Waals surface area contributed by atoms with E-state index in [1.54, 1.807) is 17.4 Å². The summed E-state index contributed by atoms with van der Waals surface area (Å²) in [7, 11) is 0. The lowest BCUT2D eigenvalue weighted by Gasteiger charge is -2.01. The second-order valence-electron chi connectivity index (χ2n) is 3.93. The van der Waals surface area contributed by atoms with E-state index in [4.69, 9.17) is 0 Å². The van der Waals surface area contributed by atoms with Crippen LogP contribution in [0.4, 0.5) is 4.39 Å². The third kappa shape index (κ3) is 3.37. The standard InChI is InChI=1S/C13H14BrFN2S/c1-2-5-16-7-13-17-12(8-18-13)10-4-3-9(15)6-11(10)14/h3-4,6,8,16H,2,5,7H2,1H3. The quantitative estimate of drug-likeness (QED) is 0.831. The van der Waals surface area contributed by atoms with Crippen molar-refractivity contribution >= 4 is 27.3 Å². The van der Waals surface area contributed by atoms with Gasteiger partial charge in [-0.25, -0.2) is 9.37 Å². The van der Waals surface area contributed by atoms with Crippen LogP contribution in [0.15, 0.2) is 28.1 Å². The summed E-state index contributed by atoms with van der Waals surface area (Å²) in [5.41, 5.74) is 1.81. The van der Waals surface area contributed by atoms with Crippen LogP contribution in [-0.2, 0) is 6.54 Å². The average molecular weight is 329 g/mol. The summed E-state index contributed by atoms with van der Waals surface area (Å²) in [6.45, 7) is 3.92. The second kappa shape index (κ2) is 6.41. The van der Waals surface area contributed by atoms with Gasteiger partial charge in [0, 0.05) is 22.0 Å². The molecular formula is C13H14BrFN2S. The first kappa shape index (κ1) is 13.6. The Morgan fingerprint density at radius 3 is 3.00 bits per heavy atom. The lowest BCUT2D eigenvalue weighted by atomic mass is 10.2. The van der Waals surface area contributed by atoms with Crippen LogP contribution in [0.25, 0.3) is 11.3 Å². The van der Waals surface area contributed by atoms with E-state index in [0.717, 1.165) is 40.2 Å². The topological polar surface area (TPSA) is 24.9 Å². The number of thiazole rings is 1. The van der Waals surface area contributed by atoms with Crippen molar-refractivity contribution in [3.05, 3.63) is 38.9 Å². The highest BCUT2D eigenvalue weighted by Gasteiger charge is 2.08. The van der Waals surface area contributed by atoms with E-state index >= 15 is 0 Å². The van der Waals surface area contributed by atoms with Crippen molar-refractivity contribution in [3.8, 4) is 11.3 Å². The van der Waals surface area contributed by atoms with Gasteiger partial charge in [0.1, 0.15) is 10.8 Å². The van der Waals surface area contributed by atoms with Gasteiger partial charge in [-0.3, -0.25) is 0 Å². The molecule has 2 nitrogen and oxygen atoms in total. The van der Waals surface area contributed by atoms with E-state index in [1.807, 2.05) is 5.38 Å². The van der Waals surface area contributed by atoms with Crippen LogP contribution in [-0.4, -0.2) is 11.5 Å². The summed E-state index contributed by atoms with van der Waals surface area (Å²) in [5, 5.41) is 6.37. The van der Waals surface area contributed by atoms with Crippen LogP contribution < -0.4 is 5.32 Å². The zero-order valence-electron chi connectivity index (χ0n) is 10.0. The molecule has 0 aliphatic rings. The van der Waals surface area contributed by atoms with Crippen LogP contribution in [0.1, 0.15) is 18.4 Å². The van der Waals surface area contributed by atoms with E-state index in [2.05, 4.69) is 33.2 Å². The van der Waals surface area contributed by atoms with Gasteiger partial charge in [-0.05, 0) is 47.1 Å². The van der Waals surface area contributed by atoms with Crippen LogP contribution >= 0.6 is 27.3 Å². The van der Waals surface area contributed by atoms with Gasteiger partial charge >= 0.3 is 0 Å². The van der Waals surface area contributed by atoms with Crippen LogP contribution in [0.3, 0.4) is 0 Å². The van der Waals surface area contributed by atoms with Crippen molar-refractivity contribution in [1.29, 1.82) is 0 Å². The van der Waals surface area contributed by atoms with E-state index < -0.39 is 0 Å². The summed E-state index contributed by atoms with van der Waals surface area (Å²) < 4.78 is 13.8. The third-order valence-electron chi connectivity index (χ3n) is 2.46. The molecule has 0 spiro atoms. The lowest BCUT2D eigenvalue weighted by Crippen LogP contribution is -2.13. The van der Waals surface area contributed by atoms with Gasteiger partial charge in [0.25, 0.3) is 0 Å². The minimum absolute atomic E-state index is 0.245. The van der Waals surface area contributed by atoms with Crippen LogP contribution in [0.2, 0.25) is 0 Å². The highest BCUT2D eigenvalue weighted by molar-refractivity contribution is 9.10. The molecule has 18 heavy (non-hydrogen) atoms. The molecule has 96 valence electrons. The van der Waals surface area contributed by atoms with Crippen molar-refractivity contribution in [3.63, 3.8) is 0 Å². The largest absolute Gasteiger partial charge is 0.310 e. The number of aromatic nitrogens is 1. The Labute approximate surface area is 118 Å². The highest BCUT2D eigenvalue weighted by atomic mass is 79.9. The Morgan fingerprint density at radius 1 is 1.44 bits per heavy atom. The number of rotatable bonds is 5. The van der Waals surface area contributed by atoms with Gasteiger partial charge < -0.3 is 5.32 Å². The maximum atomic E-state index is 13.0. The molecule has 0 bridgehead atoms. The zero-order chi connectivity index (χ0) is 13.0. The van der Waals surface area contributed by atoms with Gasteiger partial charge in [0.2, 0.25) is 0 Å². The molecule has 0 saturated heterocycles. The molecule has 1 aromatic carbocycles. The molecule has 0 saturated carbocycles. The fourth-order valence-corrected chi connectivity index (χ4v) is 2.90. The monoisotopic (exact) mass is 328 g/mol. The average Bonchev–Trinajstić information content (AvgIpc) is 2.78. The summed E-state index contributed by atoms with van der Waals surface area (Å²) in [6.07, 6.45) is 1.11. The van der Waals surface area contributed by atoms with Gasteiger partial charge in [-0.1, -0.05) is 6.92 Å². The smallest absolute Gasteiger partial charge is 0.124 e. The van der Waals surface area contributed by atoms with Gasteiger partial charge in [-0.15, -0.1) is 11.3 Å². The van der Waals surface area contributed by atoms with Crippen molar-refractivity contribution in [2.45, 2.75) is 19.9 Å². The second-order valence-corrected chi connectivity index (χ2v) is 5.72. The molecule has 1 N–H and O–H groups in total. The highest BCUT2D eigenvalue weighted by Crippen LogP contribution is 2.29. The number of halogens is 2. The Kier molecular flexibility index (Phi) is 4.86. The maximum absolute atomic E-state index is 13.0. The van der Waals surface area contributed by atoms with Gasteiger partial charge in [0.05, 0.1) is 5.69 Å². The van der Waals surface area contributed by atoms with Crippen molar-refractivity contribution in [2.24, 2.45) is 0 Å². The molecule has 5 heteroatoms. The molecule has 0 amide bonds. The number of hydrogen-bond acceptors (Lipinski definition) is 3. The number of benzene rings is 1. The Balaban J connectivity index is 2.13. The minimum atomic E-state index is -0.245. The van der Waals surface area contributed by atoms with Crippen molar-refractivity contribution in [2.75, 3.05) is 6.54 Å². The molecule has 0 radical (unpaired) electrons. The Hall–Kier alpha value is -0.780. The molecular weight excluding hydrogens is 315 g/mol. The molecule has 2 rings (SSSR count). The zero-order valence-corrected chi connectivity index (χ0v) is 12.4. The Morgan fingerprint density at radius 2 is 2.28 bits per heavy atom. The summed E-state index contributed by atoms with van der Waals surface area (Å²) in [4.78, 5) is 4.55. The first-order chi connectivity index (χ1) is 8.70. The fraction of sp³-hybridized carbons (Fsp3) is 0.308. The summed E-state index contributed by atoms with van der Waals surface area (Å²) in [5.74, 6) is -0.245. The van der Waals surface area contributed by atoms with Crippen LogP contribution in [0.5, 0.6) is 0 Å². The summed E-state index contributed by atoms with van der Waals surface area (Å²) >= 11 is 4.99. The van der Waals surface area contributed by atoms with E-state index in [1.165, 1.54) is 12.1 Å². The molecule has 0 atom stereocenters. The van der Waals surface area contributed by atoms with E-state index in [9.17, 15) is 4.39 Å². The normalized spacial score (nSPS) is 10.8. The van der Waals surface area contributed by atoms with E-state index in [0.29, 0.717) is 0 Å². The molecule has 0 aliphatic heterocycles. The van der Waals surface area contributed by atoms with Crippen molar-refractivity contribution < 1.29 is 4.39 Å². The van der Waals surface area contributed by atoms with Crippen LogP contribution in [0, 0.1) is 5.82 Å². The molecule has 1 aromatic heterocycles. The van der Waals surface area contributed by atoms with E-state index in [-0.39, 0.29) is 5.82 Å². The van der Waals surface area contributed by atoms with Gasteiger partial charge in [0.15, 0.2) is 0 Å². The molecule has 0 unspecified atom stereocenters. The Bertz CT molecular complexity index is 527. The predicted octanol–water partition coefficient (Wildman–Crippen LogP) is 4.21.